The van der Waals surface area contributed by atoms with E-state index in [4.69, 9.17) is 4.74 Å². The summed E-state index contributed by atoms with van der Waals surface area (Å²) in [4.78, 5) is 16.8. The highest BCUT2D eigenvalue weighted by atomic mass is 79.9. The monoisotopic (exact) mass is 440 g/mol. The third-order valence-corrected chi connectivity index (χ3v) is 5.08. The number of guanidine groups is 1. The minimum Gasteiger partial charge on any atom is -0.396 e. The number of carbonyl (C=O) groups excluding carboxylic acids is 1. The molecule has 1 fully saturated rings. The molecule has 1 aromatic rings. The molecule has 1 amide bonds. The van der Waals surface area contributed by atoms with Crippen LogP contribution in [0.1, 0.15) is 30.1 Å². The molecule has 0 aromatic heterocycles. The summed E-state index contributed by atoms with van der Waals surface area (Å²) in [5.74, 6) is 0.607. The average molecular weight is 441 g/mol. The maximum Gasteiger partial charge on any atom is 0.251 e. The Labute approximate surface area is 169 Å². The first kappa shape index (κ1) is 21.7. The molecule has 1 aliphatic heterocycles. The van der Waals surface area contributed by atoms with E-state index >= 15 is 0 Å². The molecular weight excluding hydrogens is 412 g/mol. The minimum atomic E-state index is -0.101. The van der Waals surface area contributed by atoms with Gasteiger partial charge in [0.2, 0.25) is 0 Å². The molecule has 2 rings (SSSR count). The number of ether oxygens (including phenoxy) is 1. The van der Waals surface area contributed by atoms with E-state index in [0.717, 1.165) is 24.0 Å². The van der Waals surface area contributed by atoms with Crippen LogP contribution in [-0.2, 0) is 4.74 Å². The average Bonchev–Trinajstić information content (AvgIpc) is 3.12. The maximum atomic E-state index is 12.1. The maximum absolute atomic E-state index is 12.1. The summed E-state index contributed by atoms with van der Waals surface area (Å²) in [5, 5.41) is 18.6. The van der Waals surface area contributed by atoms with E-state index in [1.54, 1.807) is 12.1 Å². The molecule has 1 aliphatic rings. The van der Waals surface area contributed by atoms with Crippen LogP contribution in [0.5, 0.6) is 0 Å². The van der Waals surface area contributed by atoms with Crippen LogP contribution in [0.3, 0.4) is 0 Å². The third-order valence-electron chi connectivity index (χ3n) is 4.55. The number of halogens is 1. The molecule has 150 valence electrons. The standard InChI is InChI=1S/C19H29BrN4O3/c1-2-21-18(24-13-19(7-11-25)8-12-27-14-19)23-10-9-22-17(26)15-3-5-16(20)6-4-15/h3-6,25H,2,7-14H2,1H3,(H,22,26)(H2,21,23,24). The molecule has 0 saturated carbocycles. The number of rotatable bonds is 9. The zero-order valence-electron chi connectivity index (χ0n) is 15.8. The van der Waals surface area contributed by atoms with Crippen LogP contribution in [0.2, 0.25) is 0 Å². The fourth-order valence-electron chi connectivity index (χ4n) is 2.94. The van der Waals surface area contributed by atoms with Crippen LogP contribution in [-0.4, -0.2) is 63.0 Å². The van der Waals surface area contributed by atoms with Crippen LogP contribution >= 0.6 is 15.9 Å². The quantitative estimate of drug-likeness (QED) is 0.265. The van der Waals surface area contributed by atoms with E-state index in [2.05, 4.69) is 36.9 Å². The number of nitrogens with zero attached hydrogens (tertiary/aromatic N) is 1. The van der Waals surface area contributed by atoms with E-state index in [1.165, 1.54) is 0 Å². The first-order chi connectivity index (χ1) is 13.1. The number of hydrogen-bond acceptors (Lipinski definition) is 4. The zero-order valence-corrected chi connectivity index (χ0v) is 17.3. The van der Waals surface area contributed by atoms with Gasteiger partial charge in [-0.15, -0.1) is 0 Å². The van der Waals surface area contributed by atoms with Crippen LogP contribution in [0.25, 0.3) is 0 Å². The van der Waals surface area contributed by atoms with Gasteiger partial charge in [-0.1, -0.05) is 15.9 Å². The first-order valence-corrected chi connectivity index (χ1v) is 10.1. The van der Waals surface area contributed by atoms with E-state index in [1.807, 2.05) is 19.1 Å². The second-order valence-corrected chi connectivity index (χ2v) is 7.58. The lowest BCUT2D eigenvalue weighted by molar-refractivity contribution is 0.0954. The Hall–Kier alpha value is -1.64. The highest BCUT2D eigenvalue weighted by Crippen LogP contribution is 2.32. The topological polar surface area (TPSA) is 95.0 Å². The van der Waals surface area contributed by atoms with Gasteiger partial charge in [0.05, 0.1) is 13.2 Å². The number of aliphatic imine (C=N–C) groups is 1. The van der Waals surface area contributed by atoms with Crippen molar-refractivity contribution in [2.24, 2.45) is 10.4 Å². The normalized spacial score (nSPS) is 19.7. The van der Waals surface area contributed by atoms with Crippen molar-refractivity contribution in [3.8, 4) is 0 Å². The van der Waals surface area contributed by atoms with Gasteiger partial charge in [0.25, 0.3) is 5.91 Å². The van der Waals surface area contributed by atoms with Gasteiger partial charge >= 0.3 is 0 Å². The molecule has 1 unspecified atom stereocenters. The molecule has 1 aromatic carbocycles. The number of amides is 1. The fourth-order valence-corrected chi connectivity index (χ4v) is 3.20. The largest absolute Gasteiger partial charge is 0.396 e. The van der Waals surface area contributed by atoms with Crippen molar-refractivity contribution < 1.29 is 14.6 Å². The third kappa shape index (κ3) is 7.12. The Morgan fingerprint density at radius 2 is 2.00 bits per heavy atom. The summed E-state index contributed by atoms with van der Waals surface area (Å²) in [6.45, 7) is 5.93. The highest BCUT2D eigenvalue weighted by molar-refractivity contribution is 9.10. The summed E-state index contributed by atoms with van der Waals surface area (Å²) in [5.41, 5.74) is 0.554. The SMILES string of the molecule is CCNC(=NCC1(CCO)CCOC1)NCCNC(=O)c1ccc(Br)cc1. The molecule has 1 atom stereocenters. The lowest BCUT2D eigenvalue weighted by Gasteiger charge is -2.24. The Kier molecular flexibility index (Phi) is 9.03. The molecule has 8 heteroatoms. The summed E-state index contributed by atoms with van der Waals surface area (Å²) in [6.07, 6.45) is 1.61. The van der Waals surface area contributed by atoms with Gasteiger partial charge in [0.1, 0.15) is 0 Å². The molecule has 0 bridgehead atoms. The number of aliphatic hydroxyl groups is 1. The van der Waals surface area contributed by atoms with Gasteiger partial charge in [-0.3, -0.25) is 9.79 Å². The summed E-state index contributed by atoms with van der Waals surface area (Å²) >= 11 is 3.36. The predicted octanol–water partition coefficient (Wildman–Crippen LogP) is 1.52. The summed E-state index contributed by atoms with van der Waals surface area (Å²) < 4.78 is 6.45. The number of nitrogens with one attached hydrogen (secondary N) is 3. The van der Waals surface area contributed by atoms with Crippen molar-refractivity contribution in [2.45, 2.75) is 19.8 Å². The minimum absolute atomic E-state index is 0.0765. The number of hydrogen-bond donors (Lipinski definition) is 4. The zero-order chi connectivity index (χ0) is 19.5. The van der Waals surface area contributed by atoms with Crippen LogP contribution in [0.15, 0.2) is 33.7 Å². The molecule has 0 radical (unpaired) electrons. The molecule has 0 aliphatic carbocycles. The summed E-state index contributed by atoms with van der Waals surface area (Å²) in [7, 11) is 0. The summed E-state index contributed by atoms with van der Waals surface area (Å²) in [6, 6.07) is 7.25. The van der Waals surface area contributed by atoms with E-state index in [0.29, 0.717) is 44.2 Å². The van der Waals surface area contributed by atoms with Crippen LogP contribution in [0, 0.1) is 5.41 Å². The number of benzene rings is 1. The van der Waals surface area contributed by atoms with Crippen molar-refractivity contribution >= 4 is 27.8 Å². The predicted molar refractivity (Wildman–Crippen MR) is 110 cm³/mol. The van der Waals surface area contributed by atoms with Gasteiger partial charge in [0, 0.05) is 48.3 Å². The molecule has 0 spiro atoms. The van der Waals surface area contributed by atoms with Crippen molar-refractivity contribution in [3.05, 3.63) is 34.3 Å². The van der Waals surface area contributed by atoms with E-state index in [9.17, 15) is 9.90 Å². The van der Waals surface area contributed by atoms with Crippen LogP contribution in [0.4, 0.5) is 0 Å². The van der Waals surface area contributed by atoms with Crippen LogP contribution < -0.4 is 16.0 Å². The second kappa shape index (κ2) is 11.3. The highest BCUT2D eigenvalue weighted by Gasteiger charge is 2.34. The Balaban J connectivity index is 1.79. The number of carbonyl (C=O) groups is 1. The molecule has 27 heavy (non-hydrogen) atoms. The molecule has 4 N–H and O–H groups in total. The van der Waals surface area contributed by atoms with E-state index in [-0.39, 0.29) is 17.9 Å². The van der Waals surface area contributed by atoms with Gasteiger partial charge < -0.3 is 25.8 Å². The van der Waals surface area contributed by atoms with E-state index < -0.39 is 0 Å². The van der Waals surface area contributed by atoms with Gasteiger partial charge in [-0.05, 0) is 44.0 Å². The molecule has 7 nitrogen and oxygen atoms in total. The van der Waals surface area contributed by atoms with Crippen molar-refractivity contribution in [1.29, 1.82) is 0 Å². The van der Waals surface area contributed by atoms with Crippen molar-refractivity contribution in [3.63, 3.8) is 0 Å². The molecule has 1 saturated heterocycles. The first-order valence-electron chi connectivity index (χ1n) is 9.33. The smallest absolute Gasteiger partial charge is 0.251 e. The molecule has 1 heterocycles. The van der Waals surface area contributed by atoms with Gasteiger partial charge in [-0.25, -0.2) is 0 Å². The lowest BCUT2D eigenvalue weighted by Crippen LogP contribution is -2.42. The Morgan fingerprint density at radius 1 is 1.26 bits per heavy atom. The van der Waals surface area contributed by atoms with Gasteiger partial charge in [-0.2, -0.15) is 0 Å². The van der Waals surface area contributed by atoms with Gasteiger partial charge in [0.15, 0.2) is 5.96 Å². The second-order valence-electron chi connectivity index (χ2n) is 6.66. The fraction of sp³-hybridized carbons (Fsp3) is 0.579. The Bertz CT molecular complexity index is 616. The van der Waals surface area contributed by atoms with Crippen molar-refractivity contribution in [1.82, 2.24) is 16.0 Å². The van der Waals surface area contributed by atoms with Crippen molar-refractivity contribution in [2.75, 3.05) is 46.0 Å². The Morgan fingerprint density at radius 3 is 2.63 bits per heavy atom. The number of aliphatic hydroxyl groups excluding tert-OH is 1. The molecular formula is C19H29BrN4O3. The lowest BCUT2D eigenvalue weighted by atomic mass is 9.84.